The average molecular weight is 334 g/mol. The smallest absolute Gasteiger partial charge is 0.340 e. The summed E-state index contributed by atoms with van der Waals surface area (Å²) >= 11 is 1.31. The van der Waals surface area contributed by atoms with E-state index < -0.39 is 0 Å². The second-order valence-corrected chi connectivity index (χ2v) is 6.71. The van der Waals surface area contributed by atoms with Crippen LogP contribution in [0.25, 0.3) is 0 Å². The molecule has 6 nitrogen and oxygen atoms in total. The Kier molecular flexibility index (Phi) is 6.04. The van der Waals surface area contributed by atoms with Crippen LogP contribution >= 0.6 is 11.8 Å². The molecule has 0 radical (unpaired) electrons. The van der Waals surface area contributed by atoms with Crippen molar-refractivity contribution >= 4 is 17.7 Å². The van der Waals surface area contributed by atoms with Crippen LogP contribution in [0.3, 0.4) is 0 Å². The van der Waals surface area contributed by atoms with E-state index in [0.717, 1.165) is 12.0 Å². The van der Waals surface area contributed by atoms with E-state index in [2.05, 4.69) is 10.2 Å². The minimum Gasteiger partial charge on any atom is -0.340 e. The molecule has 23 heavy (non-hydrogen) atoms. The Morgan fingerprint density at radius 3 is 2.74 bits per heavy atom. The van der Waals surface area contributed by atoms with E-state index in [1.54, 1.807) is 16.5 Å². The topological polar surface area (TPSA) is 71.0 Å². The van der Waals surface area contributed by atoms with Gasteiger partial charge in [0.1, 0.15) is 0 Å². The molecule has 1 aromatic heterocycles. The fourth-order valence-electron chi connectivity index (χ4n) is 2.27. The lowest BCUT2D eigenvalue weighted by molar-refractivity contribution is -0.129. The number of carbonyl (C=O) groups is 1. The Morgan fingerprint density at radius 2 is 2.09 bits per heavy atom. The van der Waals surface area contributed by atoms with Gasteiger partial charge in [-0.1, -0.05) is 49.0 Å². The predicted molar refractivity (Wildman–Crippen MR) is 91.4 cm³/mol. The van der Waals surface area contributed by atoms with Gasteiger partial charge in [0.25, 0.3) is 0 Å². The average Bonchev–Trinajstić information content (AvgIpc) is 2.88. The zero-order valence-corrected chi connectivity index (χ0v) is 14.5. The minimum absolute atomic E-state index is 0.0114. The molecule has 0 aliphatic rings. The van der Waals surface area contributed by atoms with Crippen LogP contribution in [0.15, 0.2) is 40.3 Å². The maximum atomic E-state index is 12.5. The van der Waals surface area contributed by atoms with E-state index in [-0.39, 0.29) is 16.8 Å². The number of H-pyrrole nitrogens is 1. The molecule has 1 aromatic carbocycles. The lowest BCUT2D eigenvalue weighted by Gasteiger charge is -2.21. The normalized spacial score (nSPS) is 12.1. The van der Waals surface area contributed by atoms with Crippen LogP contribution in [-0.4, -0.2) is 37.9 Å². The van der Waals surface area contributed by atoms with E-state index in [9.17, 15) is 9.59 Å². The van der Waals surface area contributed by atoms with E-state index in [4.69, 9.17) is 0 Å². The molecule has 1 heterocycles. The van der Waals surface area contributed by atoms with Gasteiger partial charge in [-0.05, 0) is 18.9 Å². The van der Waals surface area contributed by atoms with Crippen molar-refractivity contribution in [3.8, 4) is 0 Å². The van der Waals surface area contributed by atoms with Crippen molar-refractivity contribution in [3.05, 3.63) is 46.4 Å². The molecule has 7 heteroatoms. The first-order valence-electron chi connectivity index (χ1n) is 7.63. The fraction of sp³-hybridized carbons (Fsp3) is 0.438. The summed E-state index contributed by atoms with van der Waals surface area (Å²) in [6.45, 7) is 4.99. The molecular formula is C16H22N4O2S. The van der Waals surface area contributed by atoms with Crippen molar-refractivity contribution < 1.29 is 4.79 Å². The van der Waals surface area contributed by atoms with Gasteiger partial charge < -0.3 is 4.90 Å². The third-order valence-corrected chi connectivity index (χ3v) is 4.52. The lowest BCUT2D eigenvalue weighted by Crippen LogP contribution is -2.33. The molecular weight excluding hydrogens is 312 g/mol. The maximum absolute atomic E-state index is 12.5. The van der Waals surface area contributed by atoms with Crippen molar-refractivity contribution in [2.24, 2.45) is 0 Å². The summed E-state index contributed by atoms with van der Waals surface area (Å²) in [5.74, 6) is 0.0114. The maximum Gasteiger partial charge on any atom is 0.343 e. The van der Waals surface area contributed by atoms with Gasteiger partial charge in [0.05, 0.1) is 5.25 Å². The number of aromatic nitrogens is 3. The first-order chi connectivity index (χ1) is 11.0. The second-order valence-electron chi connectivity index (χ2n) is 5.40. The van der Waals surface area contributed by atoms with Gasteiger partial charge >= 0.3 is 5.69 Å². The Balaban J connectivity index is 2.01. The van der Waals surface area contributed by atoms with Crippen molar-refractivity contribution in [2.45, 2.75) is 43.8 Å². The van der Waals surface area contributed by atoms with Gasteiger partial charge in [-0.2, -0.15) is 0 Å². The van der Waals surface area contributed by atoms with Crippen LogP contribution in [0.2, 0.25) is 0 Å². The van der Waals surface area contributed by atoms with Crippen molar-refractivity contribution in [2.75, 3.05) is 7.05 Å². The first kappa shape index (κ1) is 17.3. The standard InChI is InChI=1S/C16H22N4O2S/c1-4-10-20-15(22)17-18-16(20)23-12(2)14(21)19(3)11-13-8-6-5-7-9-13/h5-9,12H,4,10-11H2,1-3H3,(H,17,22)/t12-/m1/s1. The first-order valence-corrected chi connectivity index (χ1v) is 8.51. The van der Waals surface area contributed by atoms with Gasteiger partial charge in [-0.3, -0.25) is 9.36 Å². The molecule has 0 aliphatic carbocycles. The predicted octanol–water partition coefficient (Wildman–Crippen LogP) is 2.12. The molecule has 0 saturated carbocycles. The molecule has 1 N–H and O–H groups in total. The van der Waals surface area contributed by atoms with Crippen LogP contribution in [-0.2, 0) is 17.9 Å². The van der Waals surface area contributed by atoms with Gasteiger partial charge in [0, 0.05) is 20.1 Å². The Labute approximate surface area is 139 Å². The molecule has 0 saturated heterocycles. The summed E-state index contributed by atoms with van der Waals surface area (Å²) < 4.78 is 1.58. The Morgan fingerprint density at radius 1 is 1.39 bits per heavy atom. The molecule has 2 aromatic rings. The van der Waals surface area contributed by atoms with Crippen molar-refractivity contribution in [1.29, 1.82) is 0 Å². The molecule has 0 unspecified atom stereocenters. The number of benzene rings is 1. The lowest BCUT2D eigenvalue weighted by atomic mass is 10.2. The van der Waals surface area contributed by atoms with Crippen LogP contribution in [0.5, 0.6) is 0 Å². The fourth-order valence-corrected chi connectivity index (χ4v) is 3.26. The quantitative estimate of drug-likeness (QED) is 0.787. The highest BCUT2D eigenvalue weighted by molar-refractivity contribution is 8.00. The van der Waals surface area contributed by atoms with Crippen LogP contribution in [0.1, 0.15) is 25.8 Å². The second kappa shape index (κ2) is 8.01. The summed E-state index contributed by atoms with van der Waals surface area (Å²) in [5, 5.41) is 6.72. The highest BCUT2D eigenvalue weighted by Gasteiger charge is 2.21. The summed E-state index contributed by atoms with van der Waals surface area (Å²) in [5.41, 5.74) is 0.856. The molecule has 1 amide bonds. The van der Waals surface area contributed by atoms with E-state index in [1.807, 2.05) is 44.2 Å². The molecule has 1 atom stereocenters. The number of hydrogen-bond donors (Lipinski definition) is 1. The number of nitrogens with zero attached hydrogens (tertiary/aromatic N) is 3. The monoisotopic (exact) mass is 334 g/mol. The van der Waals surface area contributed by atoms with E-state index in [0.29, 0.717) is 18.2 Å². The van der Waals surface area contributed by atoms with E-state index >= 15 is 0 Å². The molecule has 0 bridgehead atoms. The molecule has 124 valence electrons. The largest absolute Gasteiger partial charge is 0.343 e. The van der Waals surface area contributed by atoms with Gasteiger partial charge in [-0.25, -0.2) is 9.89 Å². The number of rotatable bonds is 7. The minimum atomic E-state index is -0.311. The number of hydrogen-bond acceptors (Lipinski definition) is 4. The third-order valence-electron chi connectivity index (χ3n) is 3.44. The summed E-state index contributed by atoms with van der Waals surface area (Å²) in [4.78, 5) is 25.9. The van der Waals surface area contributed by atoms with Crippen LogP contribution < -0.4 is 5.69 Å². The van der Waals surface area contributed by atoms with Gasteiger partial charge in [0.15, 0.2) is 5.16 Å². The number of thioether (sulfide) groups is 1. The summed E-state index contributed by atoms with van der Waals surface area (Å²) in [7, 11) is 1.79. The highest BCUT2D eigenvalue weighted by Crippen LogP contribution is 2.22. The molecule has 0 aliphatic heterocycles. The van der Waals surface area contributed by atoms with Crippen molar-refractivity contribution in [3.63, 3.8) is 0 Å². The van der Waals surface area contributed by atoms with Gasteiger partial charge in [-0.15, -0.1) is 5.10 Å². The van der Waals surface area contributed by atoms with Gasteiger partial charge in [0.2, 0.25) is 5.91 Å². The van der Waals surface area contributed by atoms with E-state index in [1.165, 1.54) is 11.8 Å². The summed E-state index contributed by atoms with van der Waals surface area (Å²) in [6, 6.07) is 9.86. The number of carbonyl (C=O) groups excluding carboxylic acids is 1. The third kappa shape index (κ3) is 4.48. The van der Waals surface area contributed by atoms with Crippen LogP contribution in [0.4, 0.5) is 0 Å². The Hall–Kier alpha value is -2.02. The zero-order valence-electron chi connectivity index (χ0n) is 13.7. The number of nitrogens with one attached hydrogen (secondary N) is 1. The highest BCUT2D eigenvalue weighted by atomic mass is 32.2. The molecule has 0 fully saturated rings. The number of aromatic amines is 1. The van der Waals surface area contributed by atoms with Crippen molar-refractivity contribution in [1.82, 2.24) is 19.7 Å². The SMILES string of the molecule is CCCn1c(S[C@H](C)C(=O)N(C)Cc2ccccc2)n[nH]c1=O. The molecule has 0 spiro atoms. The van der Waals surface area contributed by atoms with Crippen LogP contribution in [0, 0.1) is 0 Å². The Bertz CT molecular complexity index is 696. The summed E-state index contributed by atoms with van der Waals surface area (Å²) in [6.07, 6.45) is 0.837. The molecule has 2 rings (SSSR count). The number of amides is 1. The zero-order chi connectivity index (χ0) is 16.8.